The Morgan fingerprint density at radius 1 is 1.40 bits per heavy atom. The number of hydrogen-bond acceptors (Lipinski definition) is 5. The molecule has 3 saturated heterocycles. The number of thiazole rings is 1. The molecular weight excluding hydrogens is 332 g/mol. The second-order valence-electron chi connectivity index (χ2n) is 6.84. The fourth-order valence-electron chi connectivity index (χ4n) is 4.01. The zero-order valence-electron chi connectivity index (χ0n) is 14.1. The Kier molecular flexibility index (Phi) is 4.28. The molecular formula is C19H20N4OS. The number of amides is 1. The molecule has 5 rings (SSSR count). The first-order valence-electron chi connectivity index (χ1n) is 8.67. The van der Waals surface area contributed by atoms with Crippen molar-refractivity contribution in [2.24, 2.45) is 5.92 Å². The molecule has 3 aliphatic rings. The second-order valence-corrected chi connectivity index (χ2v) is 7.87. The number of carbonyl (C=O) groups is 1. The number of carbonyl (C=O) groups excluding carboxylic acids is 1. The first-order valence-corrected chi connectivity index (χ1v) is 9.48. The number of fused-ring (bicyclic) bond motifs is 3. The summed E-state index contributed by atoms with van der Waals surface area (Å²) in [6.07, 6.45) is 4.05. The Balaban J connectivity index is 1.50. The maximum atomic E-state index is 12.7. The van der Waals surface area contributed by atoms with E-state index < -0.39 is 0 Å². The lowest BCUT2D eigenvalue weighted by atomic mass is 9.79. The fraction of sp³-hybridized carbons (Fsp3) is 0.421. The average molecular weight is 352 g/mol. The van der Waals surface area contributed by atoms with Crippen LogP contribution in [-0.4, -0.2) is 41.0 Å². The number of rotatable bonds is 3. The van der Waals surface area contributed by atoms with Gasteiger partial charge in [-0.05, 0) is 56.5 Å². The second kappa shape index (κ2) is 6.58. The number of aromatic nitrogens is 1. The third-order valence-electron chi connectivity index (χ3n) is 5.45. The fourth-order valence-corrected chi connectivity index (χ4v) is 4.83. The normalized spacial score (nSPS) is 27.7. The minimum absolute atomic E-state index is 0.0849. The molecule has 0 aliphatic carbocycles. The first kappa shape index (κ1) is 16.2. The molecule has 4 heterocycles. The van der Waals surface area contributed by atoms with Crippen LogP contribution in [0.4, 0.5) is 0 Å². The topological polar surface area (TPSA) is 69.0 Å². The van der Waals surface area contributed by atoms with Gasteiger partial charge in [0.05, 0.1) is 16.5 Å². The highest BCUT2D eigenvalue weighted by molar-refractivity contribution is 7.17. The predicted molar refractivity (Wildman–Crippen MR) is 97.3 cm³/mol. The zero-order valence-corrected chi connectivity index (χ0v) is 14.9. The molecule has 5 nitrogen and oxygen atoms in total. The van der Waals surface area contributed by atoms with Gasteiger partial charge in [-0.25, -0.2) is 4.98 Å². The molecule has 0 spiro atoms. The number of piperidine rings is 3. The maximum Gasteiger partial charge on any atom is 0.280 e. The van der Waals surface area contributed by atoms with Gasteiger partial charge >= 0.3 is 0 Å². The minimum atomic E-state index is -0.0849. The molecule has 0 saturated carbocycles. The molecule has 1 aromatic heterocycles. The summed E-state index contributed by atoms with van der Waals surface area (Å²) in [4.78, 5) is 20.3. The molecule has 3 fully saturated rings. The van der Waals surface area contributed by atoms with Gasteiger partial charge in [-0.3, -0.25) is 9.69 Å². The first-order chi connectivity index (χ1) is 12.2. The number of hydrogen-bond donors (Lipinski definition) is 1. The highest BCUT2D eigenvalue weighted by Crippen LogP contribution is 2.33. The SMILES string of the molecule is CC1C(NC(=O)c2ncc(-c3cccc(C#N)c3)s2)C2CCN1CC2. The van der Waals surface area contributed by atoms with Gasteiger partial charge in [0.1, 0.15) is 0 Å². The number of nitrogens with zero attached hydrogens (tertiary/aromatic N) is 3. The molecule has 128 valence electrons. The lowest BCUT2D eigenvalue weighted by Crippen LogP contribution is -2.62. The molecule has 0 radical (unpaired) electrons. The van der Waals surface area contributed by atoms with Crippen LogP contribution in [0.15, 0.2) is 30.5 Å². The van der Waals surface area contributed by atoms with E-state index in [1.165, 1.54) is 24.2 Å². The summed E-state index contributed by atoms with van der Waals surface area (Å²) >= 11 is 1.38. The van der Waals surface area contributed by atoms with Gasteiger partial charge in [0, 0.05) is 18.3 Å². The third-order valence-corrected chi connectivity index (χ3v) is 6.50. The van der Waals surface area contributed by atoms with Crippen molar-refractivity contribution in [3.8, 4) is 16.5 Å². The standard InChI is InChI=1S/C19H20N4OS/c1-12-17(14-5-7-23(12)8-6-14)22-18(24)19-21-11-16(25-19)15-4-2-3-13(9-15)10-20/h2-4,9,11-12,14,17H,5-8H2,1H3,(H,22,24). The van der Waals surface area contributed by atoms with Gasteiger partial charge in [0.25, 0.3) is 5.91 Å². The van der Waals surface area contributed by atoms with Gasteiger partial charge in [-0.1, -0.05) is 12.1 Å². The molecule has 2 aromatic rings. The van der Waals surface area contributed by atoms with Crippen LogP contribution in [0.3, 0.4) is 0 Å². The van der Waals surface area contributed by atoms with Crippen molar-refractivity contribution in [2.75, 3.05) is 13.1 Å². The van der Waals surface area contributed by atoms with E-state index in [-0.39, 0.29) is 11.9 Å². The summed E-state index contributed by atoms with van der Waals surface area (Å²) in [5.74, 6) is 0.494. The lowest BCUT2D eigenvalue weighted by Gasteiger charge is -2.49. The summed E-state index contributed by atoms with van der Waals surface area (Å²) < 4.78 is 0. The molecule has 1 N–H and O–H groups in total. The quantitative estimate of drug-likeness (QED) is 0.922. The van der Waals surface area contributed by atoms with Crippen LogP contribution < -0.4 is 5.32 Å². The Morgan fingerprint density at radius 3 is 2.92 bits per heavy atom. The van der Waals surface area contributed by atoms with Crippen LogP contribution in [0.1, 0.15) is 35.1 Å². The summed E-state index contributed by atoms with van der Waals surface area (Å²) in [6, 6.07) is 10.1. The van der Waals surface area contributed by atoms with Crippen LogP contribution in [0.25, 0.3) is 10.4 Å². The van der Waals surface area contributed by atoms with E-state index in [1.54, 1.807) is 12.3 Å². The Hall–Kier alpha value is -2.23. The summed E-state index contributed by atoms with van der Waals surface area (Å²) in [7, 11) is 0. The summed E-state index contributed by atoms with van der Waals surface area (Å²) in [5, 5.41) is 12.7. The van der Waals surface area contributed by atoms with Crippen LogP contribution >= 0.6 is 11.3 Å². The molecule has 2 bridgehead atoms. The van der Waals surface area contributed by atoms with Crippen molar-refractivity contribution < 1.29 is 4.79 Å². The molecule has 2 unspecified atom stereocenters. The smallest absolute Gasteiger partial charge is 0.280 e. The third kappa shape index (κ3) is 3.06. The Labute approximate surface area is 151 Å². The van der Waals surface area contributed by atoms with Gasteiger partial charge in [0.15, 0.2) is 5.01 Å². The number of nitrogens with one attached hydrogen (secondary N) is 1. The van der Waals surface area contributed by atoms with E-state index in [2.05, 4.69) is 28.2 Å². The molecule has 2 atom stereocenters. The van der Waals surface area contributed by atoms with E-state index in [0.29, 0.717) is 22.5 Å². The zero-order chi connectivity index (χ0) is 17.4. The molecule has 3 aliphatic heterocycles. The highest BCUT2D eigenvalue weighted by Gasteiger charge is 2.40. The van der Waals surface area contributed by atoms with Crippen LogP contribution in [0.2, 0.25) is 0 Å². The summed E-state index contributed by atoms with van der Waals surface area (Å²) in [5.41, 5.74) is 1.53. The van der Waals surface area contributed by atoms with E-state index in [9.17, 15) is 4.79 Å². The summed E-state index contributed by atoms with van der Waals surface area (Å²) in [6.45, 7) is 4.50. The van der Waals surface area contributed by atoms with Crippen molar-refractivity contribution in [1.29, 1.82) is 5.26 Å². The average Bonchev–Trinajstić information content (AvgIpc) is 3.15. The van der Waals surface area contributed by atoms with Gasteiger partial charge in [-0.2, -0.15) is 5.26 Å². The molecule has 6 heteroatoms. The molecule has 1 aromatic carbocycles. The van der Waals surface area contributed by atoms with Crippen LogP contribution in [-0.2, 0) is 0 Å². The largest absolute Gasteiger partial charge is 0.345 e. The predicted octanol–water partition coefficient (Wildman–Crippen LogP) is 2.89. The molecule has 1 amide bonds. The number of benzene rings is 1. The van der Waals surface area contributed by atoms with Crippen molar-refractivity contribution in [1.82, 2.24) is 15.2 Å². The van der Waals surface area contributed by atoms with Crippen LogP contribution in [0.5, 0.6) is 0 Å². The van der Waals surface area contributed by atoms with Gasteiger partial charge in [-0.15, -0.1) is 11.3 Å². The number of nitriles is 1. The maximum absolute atomic E-state index is 12.7. The van der Waals surface area contributed by atoms with Crippen molar-refractivity contribution in [3.63, 3.8) is 0 Å². The minimum Gasteiger partial charge on any atom is -0.345 e. The van der Waals surface area contributed by atoms with Crippen molar-refractivity contribution in [2.45, 2.75) is 31.8 Å². The lowest BCUT2D eigenvalue weighted by molar-refractivity contribution is 0.0217. The van der Waals surface area contributed by atoms with E-state index in [0.717, 1.165) is 23.5 Å². The van der Waals surface area contributed by atoms with Gasteiger partial charge in [0.2, 0.25) is 0 Å². The molecule has 25 heavy (non-hydrogen) atoms. The van der Waals surface area contributed by atoms with E-state index in [1.807, 2.05) is 18.2 Å². The van der Waals surface area contributed by atoms with Crippen molar-refractivity contribution >= 4 is 17.2 Å². The monoisotopic (exact) mass is 352 g/mol. The van der Waals surface area contributed by atoms with E-state index >= 15 is 0 Å². The van der Waals surface area contributed by atoms with Crippen LogP contribution in [0, 0.1) is 17.2 Å². The Morgan fingerprint density at radius 2 is 2.20 bits per heavy atom. The highest BCUT2D eigenvalue weighted by atomic mass is 32.1. The van der Waals surface area contributed by atoms with E-state index in [4.69, 9.17) is 5.26 Å². The Bertz CT molecular complexity index is 830. The van der Waals surface area contributed by atoms with Gasteiger partial charge < -0.3 is 5.32 Å². The van der Waals surface area contributed by atoms with Crippen molar-refractivity contribution in [3.05, 3.63) is 41.0 Å².